The Balaban J connectivity index is 2.28. The maximum Gasteiger partial charge on any atom is 0.252 e. The fourth-order valence-corrected chi connectivity index (χ4v) is 1.80. The summed E-state index contributed by atoms with van der Waals surface area (Å²) in [6, 6.07) is 0.227. The first-order chi connectivity index (χ1) is 7.18. The average molecular weight is 206 g/mol. The number of hydrogen-bond donors (Lipinski definition) is 2. The molecular weight excluding hydrogens is 192 g/mol. The number of hydrogen-bond acceptors (Lipinski definition) is 4. The van der Waals surface area contributed by atoms with Gasteiger partial charge in [-0.1, -0.05) is 0 Å². The van der Waals surface area contributed by atoms with E-state index in [4.69, 9.17) is 5.73 Å². The van der Waals surface area contributed by atoms with E-state index in [1.54, 1.807) is 6.92 Å². The maximum atomic E-state index is 11.0. The highest BCUT2D eigenvalue weighted by Gasteiger charge is 2.19. The lowest BCUT2D eigenvalue weighted by Crippen LogP contribution is -2.19. The third-order valence-electron chi connectivity index (χ3n) is 2.64. The van der Waals surface area contributed by atoms with Crippen molar-refractivity contribution < 1.29 is 4.79 Å². The van der Waals surface area contributed by atoms with Gasteiger partial charge in [0.2, 0.25) is 0 Å². The zero-order valence-electron chi connectivity index (χ0n) is 8.66. The van der Waals surface area contributed by atoms with Gasteiger partial charge in [-0.2, -0.15) is 0 Å². The zero-order valence-corrected chi connectivity index (χ0v) is 8.66. The van der Waals surface area contributed by atoms with Crippen LogP contribution in [0.4, 0.5) is 0 Å². The van der Waals surface area contributed by atoms with Gasteiger partial charge in [0.05, 0.1) is 17.3 Å². The summed E-state index contributed by atoms with van der Waals surface area (Å²) in [5.41, 5.74) is 6.24. The number of nitrogens with one attached hydrogen (secondary N) is 1. The zero-order chi connectivity index (χ0) is 10.8. The molecule has 2 rings (SSSR count). The molecule has 1 atom stereocenters. The fourth-order valence-electron chi connectivity index (χ4n) is 1.80. The topological polar surface area (TPSA) is 80.9 Å². The van der Waals surface area contributed by atoms with E-state index in [-0.39, 0.29) is 6.04 Å². The van der Waals surface area contributed by atoms with Crippen molar-refractivity contribution in [2.45, 2.75) is 25.8 Å². The number of carbonyl (C=O) groups excluding carboxylic acids is 1. The smallest absolute Gasteiger partial charge is 0.252 e. The van der Waals surface area contributed by atoms with Crippen molar-refractivity contribution in [3.05, 3.63) is 23.3 Å². The van der Waals surface area contributed by atoms with Crippen LogP contribution in [0, 0.1) is 6.92 Å². The second-order valence-electron chi connectivity index (χ2n) is 3.74. The van der Waals surface area contributed by atoms with Gasteiger partial charge in [-0.05, 0) is 26.3 Å². The van der Waals surface area contributed by atoms with Gasteiger partial charge in [-0.15, -0.1) is 0 Å². The minimum atomic E-state index is -0.474. The molecule has 1 fully saturated rings. The van der Waals surface area contributed by atoms with E-state index in [2.05, 4.69) is 15.3 Å². The van der Waals surface area contributed by atoms with Gasteiger partial charge in [-0.25, -0.2) is 9.97 Å². The predicted molar refractivity (Wildman–Crippen MR) is 55.3 cm³/mol. The first-order valence-electron chi connectivity index (χ1n) is 5.05. The van der Waals surface area contributed by atoms with Gasteiger partial charge < -0.3 is 11.1 Å². The molecule has 5 heteroatoms. The molecule has 15 heavy (non-hydrogen) atoms. The number of rotatable bonds is 2. The van der Waals surface area contributed by atoms with E-state index in [0.717, 1.165) is 25.2 Å². The first-order valence-corrected chi connectivity index (χ1v) is 5.05. The average Bonchev–Trinajstić information content (AvgIpc) is 2.69. The van der Waals surface area contributed by atoms with E-state index in [0.29, 0.717) is 11.3 Å². The summed E-state index contributed by atoms with van der Waals surface area (Å²) >= 11 is 0. The Hall–Kier alpha value is -1.49. The highest BCUT2D eigenvalue weighted by molar-refractivity contribution is 5.93. The second-order valence-corrected chi connectivity index (χ2v) is 3.74. The summed E-state index contributed by atoms with van der Waals surface area (Å²) in [5, 5.41) is 3.31. The van der Waals surface area contributed by atoms with Crippen LogP contribution in [0.5, 0.6) is 0 Å². The Kier molecular flexibility index (Phi) is 2.64. The molecule has 0 radical (unpaired) electrons. The Labute approximate surface area is 88.1 Å². The molecule has 1 aliphatic rings. The third-order valence-corrected chi connectivity index (χ3v) is 2.64. The summed E-state index contributed by atoms with van der Waals surface area (Å²) in [7, 11) is 0. The fraction of sp³-hybridized carbons (Fsp3) is 0.500. The number of carbonyl (C=O) groups is 1. The summed E-state index contributed by atoms with van der Waals surface area (Å²) in [6.07, 6.45) is 3.71. The molecule has 5 nitrogen and oxygen atoms in total. The number of primary amides is 1. The van der Waals surface area contributed by atoms with Gasteiger partial charge in [0.15, 0.2) is 0 Å². The summed E-state index contributed by atoms with van der Waals surface area (Å²) in [6.45, 7) is 2.78. The monoisotopic (exact) mass is 206 g/mol. The van der Waals surface area contributed by atoms with Crippen LogP contribution in [0.3, 0.4) is 0 Å². The predicted octanol–water partition coefficient (Wildman–Crippen LogP) is 0.308. The Morgan fingerprint density at radius 2 is 2.47 bits per heavy atom. The minimum absolute atomic E-state index is 0.227. The van der Waals surface area contributed by atoms with E-state index in [1.165, 1.54) is 6.20 Å². The van der Waals surface area contributed by atoms with Crippen molar-refractivity contribution in [2.75, 3.05) is 6.54 Å². The molecular formula is C10H14N4O. The Bertz CT molecular complexity index is 385. The molecule has 0 spiro atoms. The highest BCUT2D eigenvalue weighted by atomic mass is 16.1. The molecule has 1 aliphatic heterocycles. The molecule has 3 N–H and O–H groups in total. The normalized spacial score (nSPS) is 20.5. The molecule has 1 aromatic rings. The molecule has 1 saturated heterocycles. The van der Waals surface area contributed by atoms with Crippen molar-refractivity contribution in [3.63, 3.8) is 0 Å². The Morgan fingerprint density at radius 1 is 1.67 bits per heavy atom. The van der Waals surface area contributed by atoms with Crippen LogP contribution in [-0.4, -0.2) is 22.4 Å². The first kappa shape index (κ1) is 10.0. The SMILES string of the molecule is Cc1nc([C@@H]2CCCN2)ncc1C(N)=O. The van der Waals surface area contributed by atoms with E-state index in [1.807, 2.05) is 0 Å². The van der Waals surface area contributed by atoms with Crippen molar-refractivity contribution in [2.24, 2.45) is 5.73 Å². The van der Waals surface area contributed by atoms with Crippen molar-refractivity contribution >= 4 is 5.91 Å². The molecule has 0 unspecified atom stereocenters. The van der Waals surface area contributed by atoms with Gasteiger partial charge >= 0.3 is 0 Å². The summed E-state index contributed by atoms with van der Waals surface area (Å²) in [4.78, 5) is 19.5. The number of aromatic nitrogens is 2. The van der Waals surface area contributed by atoms with Crippen LogP contribution < -0.4 is 11.1 Å². The number of aryl methyl sites for hydroxylation is 1. The van der Waals surface area contributed by atoms with Crippen LogP contribution in [0.2, 0.25) is 0 Å². The lowest BCUT2D eigenvalue weighted by atomic mass is 10.2. The number of amides is 1. The standard InChI is InChI=1S/C10H14N4O/c1-6-7(9(11)15)5-13-10(14-6)8-3-2-4-12-8/h5,8,12H,2-4H2,1H3,(H2,11,15)/t8-/m0/s1. The van der Waals surface area contributed by atoms with Gasteiger partial charge in [-0.3, -0.25) is 4.79 Å². The van der Waals surface area contributed by atoms with E-state index >= 15 is 0 Å². The number of nitrogens with two attached hydrogens (primary N) is 1. The van der Waals surface area contributed by atoms with Crippen molar-refractivity contribution in [3.8, 4) is 0 Å². The quantitative estimate of drug-likeness (QED) is 0.729. The summed E-state index contributed by atoms with van der Waals surface area (Å²) < 4.78 is 0. The van der Waals surface area contributed by atoms with Crippen molar-refractivity contribution in [1.29, 1.82) is 0 Å². The van der Waals surface area contributed by atoms with Crippen LogP contribution in [0.15, 0.2) is 6.20 Å². The third kappa shape index (κ3) is 1.97. The largest absolute Gasteiger partial charge is 0.365 e. The van der Waals surface area contributed by atoms with Crippen LogP contribution in [0.1, 0.15) is 40.8 Å². The van der Waals surface area contributed by atoms with E-state index in [9.17, 15) is 4.79 Å². The highest BCUT2D eigenvalue weighted by Crippen LogP contribution is 2.20. The van der Waals surface area contributed by atoms with Crippen molar-refractivity contribution in [1.82, 2.24) is 15.3 Å². The molecule has 0 aromatic carbocycles. The lowest BCUT2D eigenvalue weighted by molar-refractivity contribution is 0.0999. The van der Waals surface area contributed by atoms with Crippen LogP contribution >= 0.6 is 0 Å². The molecule has 0 aliphatic carbocycles. The van der Waals surface area contributed by atoms with Gasteiger partial charge in [0.25, 0.3) is 5.91 Å². The van der Waals surface area contributed by atoms with Gasteiger partial charge in [0.1, 0.15) is 5.82 Å². The van der Waals surface area contributed by atoms with Crippen LogP contribution in [-0.2, 0) is 0 Å². The lowest BCUT2D eigenvalue weighted by Gasteiger charge is -2.09. The van der Waals surface area contributed by atoms with Crippen LogP contribution in [0.25, 0.3) is 0 Å². The van der Waals surface area contributed by atoms with E-state index < -0.39 is 5.91 Å². The summed E-state index contributed by atoms with van der Waals surface area (Å²) in [5.74, 6) is 0.286. The molecule has 80 valence electrons. The second kappa shape index (κ2) is 3.94. The Morgan fingerprint density at radius 3 is 3.00 bits per heavy atom. The maximum absolute atomic E-state index is 11.0. The van der Waals surface area contributed by atoms with Gasteiger partial charge in [0, 0.05) is 6.20 Å². The molecule has 1 aromatic heterocycles. The molecule has 0 saturated carbocycles. The molecule has 2 heterocycles. The molecule has 1 amide bonds. The minimum Gasteiger partial charge on any atom is -0.365 e. The number of nitrogens with zero attached hydrogens (tertiary/aromatic N) is 2. The molecule has 0 bridgehead atoms.